The predicted octanol–water partition coefficient (Wildman–Crippen LogP) is 2.84. The van der Waals surface area contributed by atoms with E-state index in [1.807, 2.05) is 0 Å². The van der Waals surface area contributed by atoms with Gasteiger partial charge in [-0.1, -0.05) is 31.3 Å². The van der Waals surface area contributed by atoms with Gasteiger partial charge in [-0.25, -0.2) is 4.39 Å². The second kappa shape index (κ2) is 6.29. The van der Waals surface area contributed by atoms with Crippen LogP contribution < -0.4 is 5.73 Å². The fourth-order valence-corrected chi connectivity index (χ4v) is 1.82. The van der Waals surface area contributed by atoms with E-state index >= 15 is 0 Å². The molecule has 0 aliphatic carbocycles. The second-order valence-electron chi connectivity index (χ2n) is 4.06. The highest BCUT2D eigenvalue weighted by Crippen LogP contribution is 2.20. The first-order valence-electron chi connectivity index (χ1n) is 5.61. The summed E-state index contributed by atoms with van der Waals surface area (Å²) in [7, 11) is 0. The molecule has 0 heterocycles. The van der Waals surface area contributed by atoms with Crippen LogP contribution in [-0.4, -0.2) is 29.2 Å². The summed E-state index contributed by atoms with van der Waals surface area (Å²) in [6.07, 6.45) is -4.31. The molecule has 0 saturated heterocycles. The van der Waals surface area contributed by atoms with Gasteiger partial charge in [0, 0.05) is 17.7 Å². The van der Waals surface area contributed by atoms with Crippen molar-refractivity contribution in [1.82, 2.24) is 4.90 Å². The standard InChI is InChI=1S/C12H14F4N2S/c1-2-18(7-12(14,15)16)6-8-4-3-5-9(10(8)13)11(17)19/h3-5H,2,6-7H2,1H3,(H2,17,19). The molecule has 2 N–H and O–H groups in total. The van der Waals surface area contributed by atoms with Crippen LogP contribution in [-0.2, 0) is 6.54 Å². The first-order chi connectivity index (χ1) is 8.74. The van der Waals surface area contributed by atoms with Crippen molar-refractivity contribution in [3.05, 3.63) is 35.1 Å². The van der Waals surface area contributed by atoms with E-state index in [1.165, 1.54) is 18.2 Å². The lowest BCUT2D eigenvalue weighted by Gasteiger charge is -2.22. The molecule has 0 atom stereocenters. The van der Waals surface area contributed by atoms with Crippen molar-refractivity contribution >= 4 is 17.2 Å². The number of benzene rings is 1. The molecule has 0 spiro atoms. The van der Waals surface area contributed by atoms with Gasteiger partial charge < -0.3 is 5.73 Å². The lowest BCUT2D eigenvalue weighted by molar-refractivity contribution is -0.146. The first kappa shape index (κ1) is 15.8. The van der Waals surface area contributed by atoms with Crippen LogP contribution in [0.2, 0.25) is 0 Å². The van der Waals surface area contributed by atoms with Crippen molar-refractivity contribution in [3.8, 4) is 0 Å². The van der Waals surface area contributed by atoms with Crippen LogP contribution in [0.5, 0.6) is 0 Å². The zero-order chi connectivity index (χ0) is 14.6. The van der Waals surface area contributed by atoms with Crippen molar-refractivity contribution in [2.45, 2.75) is 19.6 Å². The maximum absolute atomic E-state index is 14.0. The van der Waals surface area contributed by atoms with Crippen LogP contribution in [0.4, 0.5) is 17.6 Å². The van der Waals surface area contributed by atoms with Gasteiger partial charge in [-0.2, -0.15) is 13.2 Å². The summed E-state index contributed by atoms with van der Waals surface area (Å²) in [5, 5.41) is 0. The molecule has 0 unspecified atom stereocenters. The Morgan fingerprint density at radius 1 is 1.37 bits per heavy atom. The Bertz CT molecular complexity index is 460. The van der Waals surface area contributed by atoms with Gasteiger partial charge in [-0.15, -0.1) is 0 Å². The van der Waals surface area contributed by atoms with Crippen molar-refractivity contribution in [1.29, 1.82) is 0 Å². The highest BCUT2D eigenvalue weighted by molar-refractivity contribution is 7.80. The zero-order valence-electron chi connectivity index (χ0n) is 10.3. The van der Waals surface area contributed by atoms with E-state index in [-0.39, 0.29) is 29.2 Å². The molecule has 0 bridgehead atoms. The highest BCUT2D eigenvalue weighted by atomic mass is 32.1. The molecule has 0 amide bonds. The third-order valence-electron chi connectivity index (χ3n) is 2.59. The quantitative estimate of drug-likeness (QED) is 0.669. The van der Waals surface area contributed by atoms with Crippen LogP contribution in [0.1, 0.15) is 18.1 Å². The van der Waals surface area contributed by atoms with Gasteiger partial charge in [0.05, 0.1) is 6.54 Å². The van der Waals surface area contributed by atoms with Gasteiger partial charge >= 0.3 is 6.18 Å². The molecular formula is C12H14F4N2S. The van der Waals surface area contributed by atoms with E-state index in [2.05, 4.69) is 12.2 Å². The van der Waals surface area contributed by atoms with E-state index in [0.717, 1.165) is 4.90 Å². The third-order valence-corrected chi connectivity index (χ3v) is 2.81. The molecular weight excluding hydrogens is 280 g/mol. The fourth-order valence-electron chi connectivity index (χ4n) is 1.67. The van der Waals surface area contributed by atoms with E-state index in [9.17, 15) is 17.6 Å². The Labute approximate surface area is 114 Å². The van der Waals surface area contributed by atoms with Gasteiger partial charge in [0.1, 0.15) is 10.8 Å². The normalized spacial score (nSPS) is 11.9. The molecule has 1 aromatic rings. The van der Waals surface area contributed by atoms with Gasteiger partial charge in [-0.05, 0) is 12.6 Å². The number of halogens is 4. The summed E-state index contributed by atoms with van der Waals surface area (Å²) in [5.41, 5.74) is 5.55. The molecule has 0 aliphatic rings. The summed E-state index contributed by atoms with van der Waals surface area (Å²) in [6.45, 7) is 0.524. The zero-order valence-corrected chi connectivity index (χ0v) is 11.1. The molecule has 0 aliphatic heterocycles. The molecule has 0 fully saturated rings. The Morgan fingerprint density at radius 3 is 2.47 bits per heavy atom. The Kier molecular flexibility index (Phi) is 5.25. The van der Waals surface area contributed by atoms with E-state index in [4.69, 9.17) is 5.73 Å². The SMILES string of the molecule is CCN(Cc1cccc(C(N)=S)c1F)CC(F)(F)F. The highest BCUT2D eigenvalue weighted by Gasteiger charge is 2.30. The van der Waals surface area contributed by atoms with Crippen LogP contribution in [0.15, 0.2) is 18.2 Å². The van der Waals surface area contributed by atoms with E-state index < -0.39 is 18.5 Å². The smallest absolute Gasteiger partial charge is 0.389 e. The van der Waals surface area contributed by atoms with E-state index in [0.29, 0.717) is 0 Å². The predicted molar refractivity (Wildman–Crippen MR) is 69.3 cm³/mol. The van der Waals surface area contributed by atoms with Crippen LogP contribution >= 0.6 is 12.2 Å². The summed E-state index contributed by atoms with van der Waals surface area (Å²) in [5.74, 6) is -0.657. The number of hydrogen-bond donors (Lipinski definition) is 1. The molecule has 0 saturated carbocycles. The van der Waals surface area contributed by atoms with Crippen molar-refractivity contribution < 1.29 is 17.6 Å². The number of hydrogen-bond acceptors (Lipinski definition) is 2. The van der Waals surface area contributed by atoms with Gasteiger partial charge in [-0.3, -0.25) is 4.90 Å². The average Bonchev–Trinajstić information content (AvgIpc) is 2.28. The lowest BCUT2D eigenvalue weighted by atomic mass is 10.1. The third kappa shape index (κ3) is 4.76. The van der Waals surface area contributed by atoms with Gasteiger partial charge in [0.2, 0.25) is 0 Å². The largest absolute Gasteiger partial charge is 0.401 e. The summed E-state index contributed by atoms with van der Waals surface area (Å²) in [6, 6.07) is 4.35. The van der Waals surface area contributed by atoms with E-state index in [1.54, 1.807) is 6.92 Å². The van der Waals surface area contributed by atoms with Crippen LogP contribution in [0.25, 0.3) is 0 Å². The molecule has 1 rings (SSSR count). The Hall–Kier alpha value is -1.21. The van der Waals surface area contributed by atoms with Crippen molar-refractivity contribution in [3.63, 3.8) is 0 Å². The number of thiocarbonyl (C=S) groups is 1. The molecule has 0 aromatic heterocycles. The molecule has 0 radical (unpaired) electrons. The first-order valence-corrected chi connectivity index (χ1v) is 6.01. The number of alkyl halides is 3. The summed E-state index contributed by atoms with van der Waals surface area (Å²) in [4.78, 5) is 0.986. The van der Waals surface area contributed by atoms with Crippen molar-refractivity contribution in [2.24, 2.45) is 5.73 Å². The molecule has 7 heteroatoms. The monoisotopic (exact) mass is 294 g/mol. The minimum Gasteiger partial charge on any atom is -0.389 e. The minimum atomic E-state index is -4.31. The fraction of sp³-hybridized carbons (Fsp3) is 0.417. The summed E-state index contributed by atoms with van der Waals surface area (Å²) >= 11 is 4.68. The Morgan fingerprint density at radius 2 is 2.00 bits per heavy atom. The molecule has 1 aromatic carbocycles. The van der Waals surface area contributed by atoms with Gasteiger partial charge in [0.15, 0.2) is 0 Å². The van der Waals surface area contributed by atoms with Crippen LogP contribution in [0, 0.1) is 5.82 Å². The molecule has 106 valence electrons. The summed E-state index contributed by atoms with van der Waals surface area (Å²) < 4.78 is 51.0. The molecule has 19 heavy (non-hydrogen) atoms. The Balaban J connectivity index is 2.92. The average molecular weight is 294 g/mol. The minimum absolute atomic E-state index is 0.0514. The van der Waals surface area contributed by atoms with Crippen molar-refractivity contribution in [2.75, 3.05) is 13.1 Å². The maximum atomic E-state index is 14.0. The molecule has 2 nitrogen and oxygen atoms in total. The number of rotatable bonds is 5. The maximum Gasteiger partial charge on any atom is 0.401 e. The topological polar surface area (TPSA) is 29.3 Å². The van der Waals surface area contributed by atoms with Gasteiger partial charge in [0.25, 0.3) is 0 Å². The lowest BCUT2D eigenvalue weighted by Crippen LogP contribution is -2.34. The second-order valence-corrected chi connectivity index (χ2v) is 4.50. The number of nitrogens with two attached hydrogens (primary N) is 1. The number of nitrogens with zero attached hydrogens (tertiary/aromatic N) is 1. The van der Waals surface area contributed by atoms with Crippen LogP contribution in [0.3, 0.4) is 0 Å².